The Bertz CT molecular complexity index is 977. The van der Waals surface area contributed by atoms with E-state index in [2.05, 4.69) is 75.8 Å². The van der Waals surface area contributed by atoms with Gasteiger partial charge >= 0.3 is 0 Å². The monoisotopic (exact) mass is 501 g/mol. The Morgan fingerprint density at radius 3 is 2.83 bits per heavy atom. The van der Waals surface area contributed by atoms with Gasteiger partial charge in [0, 0.05) is 44.0 Å². The maximum absolute atomic E-state index is 4.88. The Hall–Kier alpha value is -2.35. The molecule has 3 heterocycles. The number of rotatable bonds is 5. The van der Waals surface area contributed by atoms with Crippen LogP contribution in [-0.2, 0) is 6.42 Å². The highest BCUT2D eigenvalue weighted by atomic mass is 127. The van der Waals surface area contributed by atoms with Crippen molar-refractivity contribution in [3.05, 3.63) is 72.1 Å². The van der Waals surface area contributed by atoms with Gasteiger partial charge in [0.25, 0.3) is 0 Å². The van der Waals surface area contributed by atoms with Crippen LogP contribution in [0.2, 0.25) is 0 Å². The lowest BCUT2D eigenvalue weighted by Gasteiger charge is -2.30. The van der Waals surface area contributed by atoms with Crippen LogP contribution in [-0.4, -0.2) is 47.0 Å². The number of hydrogen-bond acceptors (Lipinski definition) is 2. The zero-order chi connectivity index (χ0) is 19.2. The standard InChI is InChI=1S/C23H27N5.HI/c1-2-24-23(26-14-10-20-17-27-22-21(20)9-6-13-25-22)28-15-11-19(12-16-28)18-7-4-3-5-8-18;/h3-9,11,13,17H,2,10,12,14-16H2,1H3,(H,24,26)(H,25,27);1H. The van der Waals surface area contributed by atoms with Crippen LogP contribution in [0.15, 0.2) is 65.9 Å². The number of nitrogens with one attached hydrogen (secondary N) is 2. The molecule has 2 aromatic heterocycles. The van der Waals surface area contributed by atoms with Gasteiger partial charge < -0.3 is 15.2 Å². The average Bonchev–Trinajstić information content (AvgIpc) is 3.17. The molecule has 0 saturated carbocycles. The van der Waals surface area contributed by atoms with E-state index in [1.807, 2.05) is 12.3 Å². The summed E-state index contributed by atoms with van der Waals surface area (Å²) in [6, 6.07) is 14.8. The summed E-state index contributed by atoms with van der Waals surface area (Å²) in [5, 5.41) is 4.64. The normalized spacial score (nSPS) is 14.4. The minimum Gasteiger partial charge on any atom is -0.357 e. The predicted molar refractivity (Wildman–Crippen MR) is 132 cm³/mol. The van der Waals surface area contributed by atoms with Crippen LogP contribution in [0, 0.1) is 0 Å². The Balaban J connectivity index is 0.00000240. The van der Waals surface area contributed by atoms with Gasteiger partial charge in [-0.25, -0.2) is 4.98 Å². The molecule has 4 rings (SSSR count). The van der Waals surface area contributed by atoms with Gasteiger partial charge in [0.05, 0.1) is 0 Å². The molecular formula is C23H28IN5. The van der Waals surface area contributed by atoms with E-state index in [0.717, 1.165) is 50.6 Å². The number of fused-ring (bicyclic) bond motifs is 1. The van der Waals surface area contributed by atoms with E-state index < -0.39 is 0 Å². The van der Waals surface area contributed by atoms with Gasteiger partial charge in [-0.2, -0.15) is 0 Å². The van der Waals surface area contributed by atoms with Crippen molar-refractivity contribution >= 4 is 46.5 Å². The van der Waals surface area contributed by atoms with Gasteiger partial charge in [-0.15, -0.1) is 24.0 Å². The van der Waals surface area contributed by atoms with Crippen LogP contribution in [0.3, 0.4) is 0 Å². The third-order valence-corrected chi connectivity index (χ3v) is 5.17. The number of halogens is 1. The maximum Gasteiger partial charge on any atom is 0.194 e. The molecule has 2 N–H and O–H groups in total. The Morgan fingerprint density at radius 2 is 2.07 bits per heavy atom. The molecule has 0 bridgehead atoms. The summed E-state index contributed by atoms with van der Waals surface area (Å²) in [6.07, 6.45) is 8.15. The minimum absolute atomic E-state index is 0. The molecule has 0 fully saturated rings. The molecule has 0 amide bonds. The largest absolute Gasteiger partial charge is 0.357 e. The number of nitrogens with zero attached hydrogens (tertiary/aromatic N) is 3. The highest BCUT2D eigenvalue weighted by Crippen LogP contribution is 2.22. The number of hydrogen-bond donors (Lipinski definition) is 2. The molecule has 0 saturated heterocycles. The highest BCUT2D eigenvalue weighted by Gasteiger charge is 2.16. The molecule has 1 aromatic carbocycles. The zero-order valence-corrected chi connectivity index (χ0v) is 19.1. The SMILES string of the molecule is CCNC(=NCCc1c[nH]c2ncccc12)N1CC=C(c2ccccc2)CC1.I. The van der Waals surface area contributed by atoms with Crippen molar-refractivity contribution in [2.45, 2.75) is 19.8 Å². The molecule has 0 unspecified atom stereocenters. The number of aromatic amines is 1. The van der Waals surface area contributed by atoms with E-state index in [9.17, 15) is 0 Å². The fraction of sp³-hybridized carbons (Fsp3) is 0.304. The van der Waals surface area contributed by atoms with Gasteiger partial charge in [-0.05, 0) is 48.6 Å². The Labute approximate surface area is 189 Å². The molecule has 1 aliphatic rings. The first-order valence-corrected chi connectivity index (χ1v) is 10.0. The maximum atomic E-state index is 4.88. The van der Waals surface area contributed by atoms with Crippen molar-refractivity contribution in [1.82, 2.24) is 20.2 Å². The van der Waals surface area contributed by atoms with E-state index in [1.165, 1.54) is 22.1 Å². The van der Waals surface area contributed by atoms with E-state index in [4.69, 9.17) is 4.99 Å². The molecule has 6 heteroatoms. The molecule has 3 aromatic rings. The molecule has 5 nitrogen and oxygen atoms in total. The van der Waals surface area contributed by atoms with E-state index in [0.29, 0.717) is 0 Å². The van der Waals surface area contributed by atoms with Crippen LogP contribution in [0.1, 0.15) is 24.5 Å². The second-order valence-corrected chi connectivity index (χ2v) is 6.99. The number of benzene rings is 1. The zero-order valence-electron chi connectivity index (χ0n) is 16.8. The number of pyridine rings is 1. The van der Waals surface area contributed by atoms with Crippen molar-refractivity contribution in [1.29, 1.82) is 0 Å². The first-order chi connectivity index (χ1) is 13.8. The lowest BCUT2D eigenvalue weighted by atomic mass is 10.00. The van der Waals surface area contributed by atoms with E-state index >= 15 is 0 Å². The van der Waals surface area contributed by atoms with Crippen molar-refractivity contribution < 1.29 is 0 Å². The van der Waals surface area contributed by atoms with Crippen LogP contribution in [0.25, 0.3) is 16.6 Å². The van der Waals surface area contributed by atoms with Crippen LogP contribution < -0.4 is 5.32 Å². The molecule has 0 radical (unpaired) electrons. The predicted octanol–water partition coefficient (Wildman–Crippen LogP) is 4.48. The third-order valence-electron chi connectivity index (χ3n) is 5.17. The highest BCUT2D eigenvalue weighted by molar-refractivity contribution is 14.0. The summed E-state index contributed by atoms with van der Waals surface area (Å²) >= 11 is 0. The van der Waals surface area contributed by atoms with Gasteiger partial charge in [0.15, 0.2) is 5.96 Å². The minimum atomic E-state index is 0. The Kier molecular flexibility index (Phi) is 7.69. The lowest BCUT2D eigenvalue weighted by molar-refractivity contribution is 0.440. The lowest BCUT2D eigenvalue weighted by Crippen LogP contribution is -2.43. The van der Waals surface area contributed by atoms with Gasteiger partial charge in [0.1, 0.15) is 5.65 Å². The first-order valence-electron chi connectivity index (χ1n) is 10.0. The number of guanidine groups is 1. The van der Waals surface area contributed by atoms with Crippen molar-refractivity contribution in [2.75, 3.05) is 26.2 Å². The summed E-state index contributed by atoms with van der Waals surface area (Å²) in [6.45, 7) is 5.64. The van der Waals surface area contributed by atoms with Crippen LogP contribution in [0.4, 0.5) is 0 Å². The van der Waals surface area contributed by atoms with Gasteiger partial charge in [-0.1, -0.05) is 36.4 Å². The second kappa shape index (κ2) is 10.4. The van der Waals surface area contributed by atoms with E-state index in [-0.39, 0.29) is 24.0 Å². The molecule has 29 heavy (non-hydrogen) atoms. The van der Waals surface area contributed by atoms with Gasteiger partial charge in [-0.3, -0.25) is 4.99 Å². The molecule has 1 aliphatic heterocycles. The molecule has 0 atom stereocenters. The van der Waals surface area contributed by atoms with Crippen LogP contribution >= 0.6 is 24.0 Å². The number of aliphatic imine (C=N–C) groups is 1. The molecule has 152 valence electrons. The molecule has 0 aliphatic carbocycles. The van der Waals surface area contributed by atoms with Gasteiger partial charge in [0.2, 0.25) is 0 Å². The average molecular weight is 501 g/mol. The quantitative estimate of drug-likeness (QED) is 0.308. The summed E-state index contributed by atoms with van der Waals surface area (Å²) in [5.74, 6) is 1.00. The fourth-order valence-corrected chi connectivity index (χ4v) is 3.70. The second-order valence-electron chi connectivity index (χ2n) is 6.99. The number of H-pyrrole nitrogens is 1. The topological polar surface area (TPSA) is 56.3 Å². The van der Waals surface area contributed by atoms with Crippen molar-refractivity contribution in [3.8, 4) is 0 Å². The number of aromatic nitrogens is 2. The van der Waals surface area contributed by atoms with Crippen molar-refractivity contribution in [2.24, 2.45) is 4.99 Å². The molecule has 0 spiro atoms. The van der Waals surface area contributed by atoms with E-state index in [1.54, 1.807) is 0 Å². The molecular weight excluding hydrogens is 473 g/mol. The summed E-state index contributed by atoms with van der Waals surface area (Å²) < 4.78 is 0. The Morgan fingerprint density at radius 1 is 1.21 bits per heavy atom. The van der Waals surface area contributed by atoms with Crippen LogP contribution in [0.5, 0.6) is 0 Å². The fourth-order valence-electron chi connectivity index (χ4n) is 3.70. The summed E-state index contributed by atoms with van der Waals surface area (Å²) in [7, 11) is 0. The summed E-state index contributed by atoms with van der Waals surface area (Å²) in [5.41, 5.74) is 4.98. The third kappa shape index (κ3) is 5.18. The smallest absolute Gasteiger partial charge is 0.194 e. The first kappa shape index (κ1) is 21.4. The summed E-state index contributed by atoms with van der Waals surface area (Å²) in [4.78, 5) is 14.8. The van der Waals surface area contributed by atoms with Crippen molar-refractivity contribution in [3.63, 3.8) is 0 Å².